The molecule has 2 heterocycles. The Labute approximate surface area is 241 Å². The SMILES string of the molecule is CCOC(=O)C1=C(C)N=c2s/c(=C\c3cc(C)c(OCc4ccc(F)cc4)c(C)c3)c(=O)n2[C@@H]1c1ccc(C)cc1. The maximum Gasteiger partial charge on any atom is 0.338 e. The Morgan fingerprint density at radius 2 is 1.68 bits per heavy atom. The fourth-order valence-electron chi connectivity index (χ4n) is 5.04. The van der Waals surface area contributed by atoms with Crippen LogP contribution in [0, 0.1) is 26.6 Å². The molecule has 0 unspecified atom stereocenters. The lowest BCUT2D eigenvalue weighted by Gasteiger charge is -2.24. The summed E-state index contributed by atoms with van der Waals surface area (Å²) in [5.41, 5.74) is 6.14. The number of hydrogen-bond donors (Lipinski definition) is 0. The third kappa shape index (κ3) is 5.79. The number of esters is 1. The van der Waals surface area contributed by atoms with E-state index < -0.39 is 12.0 Å². The number of hydrogen-bond acceptors (Lipinski definition) is 6. The number of allylic oxidation sites excluding steroid dienone is 1. The maximum absolute atomic E-state index is 13.9. The van der Waals surface area contributed by atoms with Crippen molar-refractivity contribution < 1.29 is 18.7 Å². The molecule has 3 aromatic carbocycles. The standard InChI is InChI=1S/C33H31FN2O4S/c1-6-39-32(38)28-22(5)35-33-36(29(28)25-11-7-19(2)8-12-25)31(37)27(41-33)17-24-15-20(3)30(21(4)16-24)40-18-23-9-13-26(34)14-10-23/h7-17,29H,6,18H2,1-5H3/b27-17-/t29-/m1/s1. The van der Waals surface area contributed by atoms with Crippen LogP contribution in [0.25, 0.3) is 6.08 Å². The number of nitrogens with zero attached hydrogens (tertiary/aromatic N) is 2. The van der Waals surface area contributed by atoms with Gasteiger partial charge in [0.2, 0.25) is 0 Å². The molecule has 6 nitrogen and oxygen atoms in total. The Hall–Kier alpha value is -4.30. The number of carbonyl (C=O) groups is 1. The minimum Gasteiger partial charge on any atom is -0.488 e. The fraction of sp³-hybridized carbons (Fsp3) is 0.242. The van der Waals surface area contributed by atoms with Crippen molar-refractivity contribution in [1.29, 1.82) is 0 Å². The predicted octanol–water partition coefficient (Wildman–Crippen LogP) is 5.44. The van der Waals surface area contributed by atoms with E-state index in [1.54, 1.807) is 30.5 Å². The summed E-state index contributed by atoms with van der Waals surface area (Å²) < 4.78 is 26.8. The highest BCUT2D eigenvalue weighted by molar-refractivity contribution is 7.07. The number of ether oxygens (including phenoxy) is 2. The number of halogens is 1. The van der Waals surface area contributed by atoms with Gasteiger partial charge in [-0.05, 0) is 92.8 Å². The quantitative estimate of drug-likeness (QED) is 0.278. The number of carbonyl (C=O) groups excluding carboxylic acids is 1. The topological polar surface area (TPSA) is 69.9 Å². The first-order chi connectivity index (χ1) is 19.7. The minimum atomic E-state index is -0.640. The molecular weight excluding hydrogens is 539 g/mol. The zero-order valence-electron chi connectivity index (χ0n) is 23.7. The molecule has 0 spiro atoms. The molecular formula is C33H31FN2O4S. The number of benzene rings is 3. The van der Waals surface area contributed by atoms with Gasteiger partial charge in [-0.1, -0.05) is 53.3 Å². The van der Waals surface area contributed by atoms with E-state index in [0.717, 1.165) is 39.1 Å². The van der Waals surface area contributed by atoms with Crippen molar-refractivity contribution in [3.63, 3.8) is 0 Å². The first-order valence-electron chi connectivity index (χ1n) is 13.4. The van der Waals surface area contributed by atoms with Gasteiger partial charge in [0.1, 0.15) is 18.2 Å². The summed E-state index contributed by atoms with van der Waals surface area (Å²) >= 11 is 1.29. The summed E-state index contributed by atoms with van der Waals surface area (Å²) in [6.07, 6.45) is 1.85. The van der Waals surface area contributed by atoms with E-state index in [4.69, 9.17) is 9.47 Å². The number of fused-ring (bicyclic) bond motifs is 1. The molecule has 0 radical (unpaired) electrons. The molecule has 5 rings (SSSR count). The first-order valence-corrected chi connectivity index (χ1v) is 14.2. The van der Waals surface area contributed by atoms with Crippen LogP contribution in [0.5, 0.6) is 5.75 Å². The van der Waals surface area contributed by atoms with Crippen molar-refractivity contribution in [3.05, 3.63) is 131 Å². The molecule has 8 heteroatoms. The van der Waals surface area contributed by atoms with Crippen molar-refractivity contribution in [2.75, 3.05) is 6.61 Å². The molecule has 1 atom stereocenters. The lowest BCUT2D eigenvalue weighted by molar-refractivity contribution is -0.139. The third-order valence-electron chi connectivity index (χ3n) is 6.99. The molecule has 0 fully saturated rings. The average molecular weight is 571 g/mol. The second-order valence-electron chi connectivity index (χ2n) is 10.1. The highest BCUT2D eigenvalue weighted by atomic mass is 32.1. The van der Waals surface area contributed by atoms with Crippen molar-refractivity contribution in [3.8, 4) is 5.75 Å². The Bertz CT molecular complexity index is 1810. The lowest BCUT2D eigenvalue weighted by atomic mass is 9.95. The van der Waals surface area contributed by atoms with Gasteiger partial charge < -0.3 is 9.47 Å². The minimum absolute atomic E-state index is 0.222. The van der Waals surface area contributed by atoms with Crippen LogP contribution in [0.3, 0.4) is 0 Å². The van der Waals surface area contributed by atoms with E-state index in [1.807, 2.05) is 63.2 Å². The van der Waals surface area contributed by atoms with Gasteiger partial charge >= 0.3 is 5.97 Å². The summed E-state index contributed by atoms with van der Waals surface area (Å²) in [7, 11) is 0. The van der Waals surface area contributed by atoms with Crippen LogP contribution in [0.1, 0.15) is 53.3 Å². The molecule has 4 aromatic rings. The van der Waals surface area contributed by atoms with E-state index in [9.17, 15) is 14.0 Å². The number of thiazole rings is 1. The van der Waals surface area contributed by atoms with Gasteiger partial charge in [-0.3, -0.25) is 9.36 Å². The van der Waals surface area contributed by atoms with Crippen LogP contribution in [-0.4, -0.2) is 17.1 Å². The maximum atomic E-state index is 13.9. The lowest BCUT2D eigenvalue weighted by Crippen LogP contribution is -2.39. The van der Waals surface area contributed by atoms with E-state index in [0.29, 0.717) is 27.2 Å². The summed E-state index contributed by atoms with van der Waals surface area (Å²) in [5.74, 6) is -0.00806. The highest BCUT2D eigenvalue weighted by Gasteiger charge is 2.33. The van der Waals surface area contributed by atoms with Gasteiger partial charge in [-0.2, -0.15) is 0 Å². The van der Waals surface area contributed by atoms with Crippen LogP contribution in [0.4, 0.5) is 4.39 Å². The van der Waals surface area contributed by atoms with E-state index in [-0.39, 0.29) is 18.0 Å². The fourth-order valence-corrected chi connectivity index (χ4v) is 6.08. The second-order valence-corrected chi connectivity index (χ2v) is 11.1. The van der Waals surface area contributed by atoms with Crippen LogP contribution < -0.4 is 19.6 Å². The van der Waals surface area contributed by atoms with Crippen molar-refractivity contribution in [1.82, 2.24) is 4.57 Å². The summed E-state index contributed by atoms with van der Waals surface area (Å²) in [6.45, 7) is 9.99. The zero-order valence-corrected chi connectivity index (χ0v) is 24.5. The smallest absolute Gasteiger partial charge is 0.338 e. The molecule has 0 N–H and O–H groups in total. The predicted molar refractivity (Wildman–Crippen MR) is 158 cm³/mol. The molecule has 1 aliphatic heterocycles. The van der Waals surface area contributed by atoms with Gasteiger partial charge in [-0.15, -0.1) is 0 Å². The zero-order chi connectivity index (χ0) is 29.3. The van der Waals surface area contributed by atoms with Crippen LogP contribution in [0.15, 0.2) is 81.7 Å². The number of aryl methyl sites for hydroxylation is 3. The summed E-state index contributed by atoms with van der Waals surface area (Å²) in [6, 6.07) is 17.3. The Kier molecular flexibility index (Phi) is 8.03. The Morgan fingerprint density at radius 3 is 2.32 bits per heavy atom. The van der Waals surface area contributed by atoms with Crippen molar-refractivity contribution >= 4 is 23.4 Å². The normalized spacial score (nSPS) is 15.0. The molecule has 1 aromatic heterocycles. The molecule has 1 aliphatic rings. The summed E-state index contributed by atoms with van der Waals surface area (Å²) in [5, 5.41) is 0. The van der Waals surface area contributed by atoms with Crippen molar-refractivity contribution in [2.45, 2.75) is 47.3 Å². The number of rotatable bonds is 7. The van der Waals surface area contributed by atoms with E-state index in [2.05, 4.69) is 4.99 Å². The monoisotopic (exact) mass is 570 g/mol. The van der Waals surface area contributed by atoms with Gasteiger partial charge in [0.05, 0.1) is 28.5 Å². The van der Waals surface area contributed by atoms with Gasteiger partial charge in [0, 0.05) is 0 Å². The van der Waals surface area contributed by atoms with Crippen LogP contribution in [-0.2, 0) is 16.1 Å². The van der Waals surface area contributed by atoms with Crippen molar-refractivity contribution in [2.24, 2.45) is 4.99 Å². The molecule has 0 aliphatic carbocycles. The van der Waals surface area contributed by atoms with Crippen LogP contribution in [0.2, 0.25) is 0 Å². The molecule has 0 saturated heterocycles. The molecule has 0 saturated carbocycles. The second kappa shape index (κ2) is 11.7. The first kappa shape index (κ1) is 28.2. The van der Waals surface area contributed by atoms with E-state index >= 15 is 0 Å². The van der Waals surface area contributed by atoms with Gasteiger partial charge in [0.15, 0.2) is 4.80 Å². The molecule has 210 valence electrons. The van der Waals surface area contributed by atoms with Gasteiger partial charge in [0.25, 0.3) is 5.56 Å². The highest BCUT2D eigenvalue weighted by Crippen LogP contribution is 2.31. The molecule has 41 heavy (non-hydrogen) atoms. The largest absolute Gasteiger partial charge is 0.488 e. The number of aromatic nitrogens is 1. The van der Waals surface area contributed by atoms with Crippen LogP contribution >= 0.6 is 11.3 Å². The Morgan fingerprint density at radius 1 is 1.02 bits per heavy atom. The molecule has 0 amide bonds. The van der Waals surface area contributed by atoms with E-state index in [1.165, 1.54) is 23.5 Å². The average Bonchev–Trinajstić information content (AvgIpc) is 3.23. The summed E-state index contributed by atoms with van der Waals surface area (Å²) in [4.78, 5) is 32.1. The Balaban J connectivity index is 1.54. The van der Waals surface area contributed by atoms with Gasteiger partial charge in [-0.25, -0.2) is 14.2 Å². The molecule has 0 bridgehead atoms. The third-order valence-corrected chi connectivity index (χ3v) is 7.97.